The fourth-order valence-corrected chi connectivity index (χ4v) is 3.87. The number of ether oxygens (including phenoxy) is 1. The van der Waals surface area contributed by atoms with E-state index in [1.807, 2.05) is 22.3 Å². The molecule has 0 N–H and O–H groups in total. The molecule has 1 aliphatic rings. The molecular formula is C16H20N2O2S. The molecule has 0 radical (unpaired) electrons. The first-order valence-electron chi connectivity index (χ1n) is 7.49. The second-order valence-electron chi connectivity index (χ2n) is 5.49. The maximum Gasteiger partial charge on any atom is 0.153 e. The number of carbonyl (C=O) groups excluding carboxylic acids is 1. The van der Waals surface area contributed by atoms with Crippen LogP contribution in [-0.4, -0.2) is 23.2 Å². The Balaban J connectivity index is 1.96. The topological polar surface area (TPSA) is 44.1 Å². The lowest BCUT2D eigenvalue weighted by atomic mass is 10.1. The zero-order chi connectivity index (χ0) is 14.7. The lowest BCUT2D eigenvalue weighted by Crippen LogP contribution is -2.08. The van der Waals surface area contributed by atoms with Gasteiger partial charge < -0.3 is 4.74 Å². The molecule has 0 amide bonds. The van der Waals surface area contributed by atoms with Crippen molar-refractivity contribution in [2.24, 2.45) is 0 Å². The van der Waals surface area contributed by atoms with Gasteiger partial charge in [0, 0.05) is 6.20 Å². The van der Waals surface area contributed by atoms with Crippen LogP contribution in [0, 0.1) is 0 Å². The average Bonchev–Trinajstić information content (AvgIpc) is 3.05. The first-order valence-corrected chi connectivity index (χ1v) is 8.37. The third-order valence-corrected chi connectivity index (χ3v) is 5.05. The maximum absolute atomic E-state index is 11.4. The number of hydrogen-bond acceptors (Lipinski definition) is 4. The van der Waals surface area contributed by atoms with Gasteiger partial charge in [-0.1, -0.05) is 25.7 Å². The molecule has 0 atom stereocenters. The fourth-order valence-electron chi connectivity index (χ4n) is 3.01. The van der Waals surface area contributed by atoms with Crippen molar-refractivity contribution in [2.75, 3.05) is 7.11 Å². The number of hydrogen-bond donors (Lipinski definition) is 0. The summed E-state index contributed by atoms with van der Waals surface area (Å²) >= 11 is 1.56. The van der Waals surface area contributed by atoms with Crippen LogP contribution in [0.2, 0.25) is 0 Å². The van der Waals surface area contributed by atoms with Crippen LogP contribution in [0.3, 0.4) is 0 Å². The van der Waals surface area contributed by atoms with Crippen molar-refractivity contribution in [3.8, 4) is 16.3 Å². The summed E-state index contributed by atoms with van der Waals surface area (Å²) in [5.74, 6) is 0.786. The summed E-state index contributed by atoms with van der Waals surface area (Å²) in [6, 6.07) is 2.34. The van der Waals surface area contributed by atoms with E-state index in [9.17, 15) is 4.79 Å². The molecule has 112 valence electrons. The van der Waals surface area contributed by atoms with Crippen molar-refractivity contribution in [1.29, 1.82) is 0 Å². The monoisotopic (exact) mass is 304 g/mol. The molecule has 2 aromatic heterocycles. The van der Waals surface area contributed by atoms with Gasteiger partial charge in [-0.3, -0.25) is 9.48 Å². The summed E-state index contributed by atoms with van der Waals surface area (Å²) < 4.78 is 7.36. The summed E-state index contributed by atoms with van der Waals surface area (Å²) in [7, 11) is 1.65. The number of nitrogens with zero attached hydrogens (tertiary/aromatic N) is 2. The van der Waals surface area contributed by atoms with Gasteiger partial charge in [-0.25, -0.2) is 0 Å². The quantitative estimate of drug-likeness (QED) is 0.624. The zero-order valence-electron chi connectivity index (χ0n) is 12.2. The predicted molar refractivity (Wildman–Crippen MR) is 84.2 cm³/mol. The minimum absolute atomic E-state index is 0.422. The highest BCUT2D eigenvalue weighted by molar-refractivity contribution is 7.14. The molecule has 0 aromatic carbocycles. The third kappa shape index (κ3) is 2.88. The molecule has 0 saturated heterocycles. The summed E-state index contributed by atoms with van der Waals surface area (Å²) in [4.78, 5) is 12.3. The Morgan fingerprint density at radius 3 is 2.76 bits per heavy atom. The molecule has 1 saturated carbocycles. The third-order valence-electron chi connectivity index (χ3n) is 4.15. The lowest BCUT2D eigenvalue weighted by molar-refractivity contribution is 0.112. The lowest BCUT2D eigenvalue weighted by Gasteiger charge is -2.14. The first-order chi connectivity index (χ1) is 10.3. The van der Waals surface area contributed by atoms with Crippen molar-refractivity contribution < 1.29 is 9.53 Å². The predicted octanol–water partition coefficient (Wildman–Crippen LogP) is 4.33. The highest BCUT2D eigenvalue weighted by Crippen LogP contribution is 2.37. The van der Waals surface area contributed by atoms with Gasteiger partial charge in [0.05, 0.1) is 23.6 Å². The van der Waals surface area contributed by atoms with Crippen LogP contribution >= 0.6 is 11.3 Å². The van der Waals surface area contributed by atoms with E-state index in [0.29, 0.717) is 11.6 Å². The number of aromatic nitrogens is 2. The van der Waals surface area contributed by atoms with Crippen LogP contribution < -0.4 is 4.74 Å². The Bertz CT molecular complexity index is 610. The first kappa shape index (κ1) is 14.3. The van der Waals surface area contributed by atoms with Crippen molar-refractivity contribution in [1.82, 2.24) is 9.78 Å². The van der Waals surface area contributed by atoms with Gasteiger partial charge >= 0.3 is 0 Å². The van der Waals surface area contributed by atoms with Gasteiger partial charge in [0.25, 0.3) is 0 Å². The van der Waals surface area contributed by atoms with Gasteiger partial charge in [-0.15, -0.1) is 11.3 Å². The Morgan fingerprint density at radius 2 is 2.10 bits per heavy atom. The zero-order valence-corrected chi connectivity index (χ0v) is 13.1. The van der Waals surface area contributed by atoms with Gasteiger partial charge in [-0.2, -0.15) is 5.10 Å². The number of rotatable bonds is 4. The van der Waals surface area contributed by atoms with E-state index in [0.717, 1.165) is 35.4 Å². The second-order valence-corrected chi connectivity index (χ2v) is 6.41. The Hall–Kier alpha value is -1.62. The smallest absolute Gasteiger partial charge is 0.153 e. The Morgan fingerprint density at radius 1 is 1.33 bits per heavy atom. The van der Waals surface area contributed by atoms with Gasteiger partial charge in [0.1, 0.15) is 11.4 Å². The van der Waals surface area contributed by atoms with E-state index in [2.05, 4.69) is 0 Å². The highest BCUT2D eigenvalue weighted by atomic mass is 32.1. The van der Waals surface area contributed by atoms with Gasteiger partial charge in [-0.05, 0) is 24.3 Å². The van der Waals surface area contributed by atoms with Crippen molar-refractivity contribution in [3.63, 3.8) is 0 Å². The maximum atomic E-state index is 11.4. The van der Waals surface area contributed by atoms with E-state index < -0.39 is 0 Å². The molecule has 2 aromatic rings. The van der Waals surface area contributed by atoms with E-state index in [1.165, 1.54) is 25.7 Å². The molecule has 0 spiro atoms. The Labute approximate surface area is 128 Å². The van der Waals surface area contributed by atoms with Crippen LogP contribution in [0.1, 0.15) is 54.9 Å². The number of methoxy groups -OCH3 is 1. The SMILES string of the molecule is COc1ccsc1-c1nn(C2CCCCCC2)cc1C=O. The van der Waals surface area contributed by atoms with Crippen molar-refractivity contribution in [3.05, 3.63) is 23.2 Å². The minimum Gasteiger partial charge on any atom is -0.495 e. The molecule has 0 aliphatic heterocycles. The van der Waals surface area contributed by atoms with E-state index >= 15 is 0 Å². The molecule has 1 aliphatic carbocycles. The Kier molecular flexibility index (Phi) is 4.39. The standard InChI is InChI=1S/C16H20N2O2S/c1-20-14-8-9-21-16(14)15-12(11-19)10-18(17-15)13-6-4-2-3-5-7-13/h8-11,13H,2-7H2,1H3. The second kappa shape index (κ2) is 6.43. The minimum atomic E-state index is 0.422. The van der Waals surface area contributed by atoms with Crippen LogP contribution in [0.25, 0.3) is 10.6 Å². The molecule has 1 fully saturated rings. The molecule has 0 bridgehead atoms. The van der Waals surface area contributed by atoms with Crippen LogP contribution in [-0.2, 0) is 0 Å². The average molecular weight is 304 g/mol. The normalized spacial score (nSPS) is 16.6. The molecule has 4 nitrogen and oxygen atoms in total. The van der Waals surface area contributed by atoms with E-state index in [-0.39, 0.29) is 0 Å². The van der Waals surface area contributed by atoms with E-state index in [4.69, 9.17) is 9.84 Å². The number of carbonyl (C=O) groups is 1. The number of thiophene rings is 1. The molecule has 2 heterocycles. The summed E-state index contributed by atoms with van der Waals surface area (Å²) in [6.45, 7) is 0. The molecule has 3 rings (SSSR count). The summed E-state index contributed by atoms with van der Waals surface area (Å²) in [5, 5.41) is 6.68. The molecule has 21 heavy (non-hydrogen) atoms. The molecule has 5 heteroatoms. The highest BCUT2D eigenvalue weighted by Gasteiger charge is 2.20. The molecular weight excluding hydrogens is 284 g/mol. The molecule has 0 unspecified atom stereocenters. The summed E-state index contributed by atoms with van der Waals surface area (Å²) in [5.41, 5.74) is 1.40. The van der Waals surface area contributed by atoms with Crippen LogP contribution in [0.5, 0.6) is 5.75 Å². The van der Waals surface area contributed by atoms with Crippen molar-refractivity contribution in [2.45, 2.75) is 44.6 Å². The van der Waals surface area contributed by atoms with E-state index in [1.54, 1.807) is 18.4 Å². The largest absolute Gasteiger partial charge is 0.495 e. The fraction of sp³-hybridized carbons (Fsp3) is 0.500. The van der Waals surface area contributed by atoms with Crippen molar-refractivity contribution >= 4 is 17.6 Å². The van der Waals surface area contributed by atoms with Gasteiger partial charge in [0.2, 0.25) is 0 Å². The van der Waals surface area contributed by atoms with Gasteiger partial charge in [0.15, 0.2) is 6.29 Å². The summed E-state index contributed by atoms with van der Waals surface area (Å²) in [6.07, 6.45) is 10.2. The van der Waals surface area contributed by atoms with Crippen LogP contribution in [0.4, 0.5) is 0 Å². The van der Waals surface area contributed by atoms with Crippen LogP contribution in [0.15, 0.2) is 17.6 Å². The number of aldehydes is 1.